The predicted molar refractivity (Wildman–Crippen MR) is 158 cm³/mol. The number of benzene rings is 4. The van der Waals surface area contributed by atoms with Crippen molar-refractivity contribution in [2.24, 2.45) is 0 Å². The summed E-state index contributed by atoms with van der Waals surface area (Å²) in [5.41, 5.74) is 7.97. The molecule has 0 saturated heterocycles. The summed E-state index contributed by atoms with van der Waals surface area (Å²) in [7, 11) is 0. The van der Waals surface area contributed by atoms with Crippen molar-refractivity contribution in [2.45, 2.75) is 13.8 Å². The van der Waals surface area contributed by atoms with Gasteiger partial charge in [-0.25, -0.2) is 19.9 Å². The van der Waals surface area contributed by atoms with E-state index in [1.165, 1.54) is 0 Å². The molecule has 6 aromatic rings. The Morgan fingerprint density at radius 3 is 1.10 bits per heavy atom. The average Bonchev–Trinajstić information content (AvgIpc) is 3.00. The van der Waals surface area contributed by atoms with Gasteiger partial charge in [-0.2, -0.15) is 0 Å². The Labute approximate surface area is 232 Å². The molecule has 4 aromatic carbocycles. The second-order valence-electron chi connectivity index (χ2n) is 9.66. The van der Waals surface area contributed by atoms with Crippen LogP contribution in [0.15, 0.2) is 109 Å². The van der Waals surface area contributed by atoms with Gasteiger partial charge in [-0.3, -0.25) is 0 Å². The largest absolute Gasteiger partial charge is 0.508 e. The van der Waals surface area contributed by atoms with Gasteiger partial charge in [0, 0.05) is 22.3 Å². The molecule has 2 aromatic heterocycles. The van der Waals surface area contributed by atoms with Crippen LogP contribution < -0.4 is 0 Å². The summed E-state index contributed by atoms with van der Waals surface area (Å²) in [4.78, 5) is 19.7. The van der Waals surface area contributed by atoms with E-state index < -0.39 is 0 Å². The topological polar surface area (TPSA) is 92.0 Å². The number of hydrogen-bond donors (Lipinski definition) is 2. The molecular formula is C34H26N4O2. The second-order valence-corrected chi connectivity index (χ2v) is 9.66. The smallest absolute Gasteiger partial charge is 0.198 e. The molecule has 6 heteroatoms. The number of phenolic OH excluding ortho intramolecular Hbond substituents is 2. The van der Waals surface area contributed by atoms with Gasteiger partial charge in [0.05, 0.1) is 22.8 Å². The van der Waals surface area contributed by atoms with Crippen molar-refractivity contribution in [3.8, 4) is 68.2 Å². The van der Waals surface area contributed by atoms with E-state index in [1.54, 1.807) is 12.1 Å². The minimum Gasteiger partial charge on any atom is -0.508 e. The van der Waals surface area contributed by atoms with Crippen LogP contribution in [0.1, 0.15) is 11.1 Å². The van der Waals surface area contributed by atoms with E-state index in [0.29, 0.717) is 23.0 Å². The molecule has 0 saturated carbocycles. The van der Waals surface area contributed by atoms with E-state index >= 15 is 0 Å². The zero-order valence-corrected chi connectivity index (χ0v) is 22.1. The third kappa shape index (κ3) is 5.02. The molecule has 0 aliphatic carbocycles. The first-order valence-electron chi connectivity index (χ1n) is 12.9. The summed E-state index contributed by atoms with van der Waals surface area (Å²) in [6, 6.07) is 34.6. The third-order valence-corrected chi connectivity index (χ3v) is 6.78. The molecule has 0 atom stereocenters. The Hall–Kier alpha value is -5.36. The van der Waals surface area contributed by atoms with E-state index in [1.807, 2.05) is 111 Å². The number of aromatic hydroxyl groups is 2. The first-order valence-corrected chi connectivity index (χ1v) is 12.9. The average molecular weight is 523 g/mol. The molecule has 6 nitrogen and oxygen atoms in total. The fourth-order valence-corrected chi connectivity index (χ4v) is 4.53. The number of phenols is 2. The third-order valence-electron chi connectivity index (χ3n) is 6.78. The number of aryl methyl sites for hydroxylation is 2. The van der Waals surface area contributed by atoms with Gasteiger partial charge in [0.2, 0.25) is 0 Å². The molecule has 0 fully saturated rings. The van der Waals surface area contributed by atoms with E-state index in [4.69, 9.17) is 19.9 Å². The summed E-state index contributed by atoms with van der Waals surface area (Å²) in [5.74, 6) is 1.23. The molecule has 194 valence electrons. The second kappa shape index (κ2) is 10.4. The first-order chi connectivity index (χ1) is 19.4. The fourth-order valence-electron chi connectivity index (χ4n) is 4.53. The van der Waals surface area contributed by atoms with Crippen molar-refractivity contribution in [3.63, 3.8) is 0 Å². The minimum absolute atomic E-state index is 0.231. The summed E-state index contributed by atoms with van der Waals surface area (Å²) >= 11 is 0. The van der Waals surface area contributed by atoms with Gasteiger partial charge in [0.25, 0.3) is 0 Å². The van der Waals surface area contributed by atoms with Crippen LogP contribution in [0.3, 0.4) is 0 Å². The summed E-state index contributed by atoms with van der Waals surface area (Å²) in [6.45, 7) is 3.72. The lowest BCUT2D eigenvalue weighted by molar-refractivity contribution is 0.470. The highest BCUT2D eigenvalue weighted by atomic mass is 16.3. The zero-order valence-electron chi connectivity index (χ0n) is 22.1. The monoisotopic (exact) mass is 522 g/mol. The molecule has 2 N–H and O–H groups in total. The van der Waals surface area contributed by atoms with Crippen LogP contribution in [-0.2, 0) is 0 Å². The quantitative estimate of drug-likeness (QED) is 0.242. The summed E-state index contributed by atoms with van der Waals surface area (Å²) in [5, 5.41) is 20.2. The van der Waals surface area contributed by atoms with Gasteiger partial charge >= 0.3 is 0 Å². The molecule has 6 rings (SSSR count). The Balaban J connectivity index is 1.59. The first kappa shape index (κ1) is 24.9. The van der Waals surface area contributed by atoms with Gasteiger partial charge < -0.3 is 10.2 Å². The van der Waals surface area contributed by atoms with E-state index in [-0.39, 0.29) is 11.5 Å². The molecule has 0 spiro atoms. The number of aromatic nitrogens is 4. The van der Waals surface area contributed by atoms with Crippen molar-refractivity contribution in [2.75, 3.05) is 0 Å². The Morgan fingerprint density at radius 1 is 0.400 bits per heavy atom. The SMILES string of the molecule is Cc1cc(-c2cc(-c3ccccc3)nc(-c3nc(-c4ccccc4)cc(-c4ccc(O)c(C)c4)n3)n2)ccc1O. The number of nitrogens with zero attached hydrogens (tertiary/aromatic N) is 4. The lowest BCUT2D eigenvalue weighted by Crippen LogP contribution is -2.02. The molecular weight excluding hydrogens is 496 g/mol. The van der Waals surface area contributed by atoms with Crippen molar-refractivity contribution < 1.29 is 10.2 Å². The van der Waals surface area contributed by atoms with Gasteiger partial charge in [-0.15, -0.1) is 0 Å². The van der Waals surface area contributed by atoms with E-state index in [9.17, 15) is 10.2 Å². The van der Waals surface area contributed by atoms with Crippen LogP contribution >= 0.6 is 0 Å². The van der Waals surface area contributed by atoms with Crippen molar-refractivity contribution in [1.29, 1.82) is 0 Å². The maximum absolute atomic E-state index is 10.1. The Bertz CT molecular complexity index is 1700. The lowest BCUT2D eigenvalue weighted by Gasteiger charge is -2.12. The normalized spacial score (nSPS) is 10.9. The predicted octanol–water partition coefficient (Wildman–Crippen LogP) is 7.63. The van der Waals surface area contributed by atoms with Crippen molar-refractivity contribution in [1.82, 2.24) is 19.9 Å². The van der Waals surface area contributed by atoms with Crippen LogP contribution in [0.25, 0.3) is 56.7 Å². The number of hydrogen-bond acceptors (Lipinski definition) is 6. The minimum atomic E-state index is 0.231. The number of rotatable bonds is 5. The van der Waals surface area contributed by atoms with Gasteiger partial charge in [0.1, 0.15) is 11.5 Å². The van der Waals surface area contributed by atoms with Crippen molar-refractivity contribution in [3.05, 3.63) is 120 Å². The maximum Gasteiger partial charge on any atom is 0.198 e. The molecule has 0 unspecified atom stereocenters. The Morgan fingerprint density at radius 2 is 0.750 bits per heavy atom. The van der Waals surface area contributed by atoms with E-state index in [0.717, 1.165) is 44.8 Å². The van der Waals surface area contributed by atoms with Crippen molar-refractivity contribution >= 4 is 0 Å². The zero-order chi connectivity index (χ0) is 27.6. The maximum atomic E-state index is 10.1. The fraction of sp³-hybridized carbons (Fsp3) is 0.0588. The summed E-state index contributed by atoms with van der Waals surface area (Å²) in [6.07, 6.45) is 0. The molecule has 2 heterocycles. The highest BCUT2D eigenvalue weighted by Gasteiger charge is 2.17. The highest BCUT2D eigenvalue weighted by Crippen LogP contribution is 2.32. The highest BCUT2D eigenvalue weighted by molar-refractivity contribution is 5.74. The van der Waals surface area contributed by atoms with Gasteiger partial charge in [-0.1, -0.05) is 60.7 Å². The van der Waals surface area contributed by atoms with Crippen LogP contribution in [0.2, 0.25) is 0 Å². The molecule has 0 bridgehead atoms. The van der Waals surface area contributed by atoms with Crippen LogP contribution in [-0.4, -0.2) is 30.1 Å². The summed E-state index contributed by atoms with van der Waals surface area (Å²) < 4.78 is 0. The molecule has 40 heavy (non-hydrogen) atoms. The van der Waals surface area contributed by atoms with Crippen LogP contribution in [0, 0.1) is 13.8 Å². The Kier molecular flexibility index (Phi) is 6.50. The molecule has 0 amide bonds. The molecule has 0 aliphatic rings. The van der Waals surface area contributed by atoms with Gasteiger partial charge in [-0.05, 0) is 73.5 Å². The molecule has 0 aliphatic heterocycles. The van der Waals surface area contributed by atoms with Gasteiger partial charge in [0.15, 0.2) is 11.6 Å². The lowest BCUT2D eigenvalue weighted by atomic mass is 10.0. The van der Waals surface area contributed by atoms with E-state index in [2.05, 4.69) is 0 Å². The standard InChI is InChI=1S/C34H26N4O2/c1-21-17-25(13-15-31(21)39)29-19-27(23-9-5-3-6-10-23)35-33(37-29)34-36-28(24-11-7-4-8-12-24)20-30(38-34)26-14-16-32(40)22(2)18-26/h3-20,39-40H,1-2H3. The van der Waals surface area contributed by atoms with Crippen LogP contribution in [0.4, 0.5) is 0 Å². The molecule has 0 radical (unpaired) electrons. The van der Waals surface area contributed by atoms with Crippen LogP contribution in [0.5, 0.6) is 11.5 Å².